The molecule has 158 valence electrons. The molecule has 6 heterocycles. The van der Waals surface area contributed by atoms with Crippen LogP contribution in [0, 0.1) is 11.8 Å². The molecule has 0 spiro atoms. The van der Waals surface area contributed by atoms with Gasteiger partial charge in [0.15, 0.2) is 16.9 Å². The van der Waals surface area contributed by atoms with Gasteiger partial charge >= 0.3 is 0 Å². The number of nitrogens with zero attached hydrogens (tertiary/aromatic N) is 3. The number of piperidine rings is 3. The molecule has 0 radical (unpaired) electrons. The van der Waals surface area contributed by atoms with E-state index >= 15 is 0 Å². The number of amides is 1. The molecule has 1 aromatic rings. The number of fused-ring (bicyclic) bond motifs is 4. The van der Waals surface area contributed by atoms with E-state index in [1.807, 2.05) is 0 Å². The van der Waals surface area contributed by atoms with Gasteiger partial charge in [0, 0.05) is 37.3 Å². The fourth-order valence-electron chi connectivity index (χ4n) is 5.84. The monoisotopic (exact) mass is 420 g/mol. The van der Waals surface area contributed by atoms with Crippen molar-refractivity contribution < 1.29 is 18.3 Å². The molecule has 3 unspecified atom stereocenters. The highest BCUT2D eigenvalue weighted by molar-refractivity contribution is 7.80. The summed E-state index contributed by atoms with van der Waals surface area (Å²) in [6, 6.07) is 2.43. The van der Waals surface area contributed by atoms with Crippen molar-refractivity contribution in [1.29, 1.82) is 0 Å². The first-order valence-corrected chi connectivity index (χ1v) is 12.0. The van der Waals surface area contributed by atoms with E-state index in [0.717, 1.165) is 56.4 Å². The summed E-state index contributed by atoms with van der Waals surface area (Å²) in [4.78, 5) is 12.6. The van der Waals surface area contributed by atoms with Crippen LogP contribution in [-0.4, -0.2) is 68.3 Å². The summed E-state index contributed by atoms with van der Waals surface area (Å²) in [5, 5.41) is 7.09. The highest BCUT2D eigenvalue weighted by atomic mass is 32.2. The number of carbonyl (C=O) groups excluding carboxylic acids is 1. The van der Waals surface area contributed by atoms with Crippen molar-refractivity contribution in [3.05, 3.63) is 17.5 Å². The molecule has 0 aromatic carbocycles. The third-order valence-electron chi connectivity index (χ3n) is 7.46. The average Bonchev–Trinajstić information content (AvgIpc) is 3.22. The number of aromatic nitrogens is 1. The first kappa shape index (κ1) is 18.5. The van der Waals surface area contributed by atoms with Crippen LogP contribution in [0.15, 0.2) is 10.6 Å². The predicted molar refractivity (Wildman–Crippen MR) is 105 cm³/mol. The Morgan fingerprint density at radius 3 is 2.41 bits per heavy atom. The Morgan fingerprint density at radius 2 is 1.79 bits per heavy atom. The fraction of sp³-hybridized carbons (Fsp3) is 0.800. The standard InChI is InChI=1S/C20H28N4O4S/c25-20(18-7-19(28-22-18)14-10-27-11-14)21-15-5-16-1-2-17(6-15)24(16)29(26)23-8-12-3-13(4-12)9-23/h7,12-17H,1-6,8-11H2,(H,21,25). The van der Waals surface area contributed by atoms with Crippen molar-refractivity contribution >= 4 is 17.1 Å². The zero-order valence-corrected chi connectivity index (χ0v) is 17.3. The van der Waals surface area contributed by atoms with E-state index in [1.165, 1.54) is 12.8 Å². The molecule has 9 heteroatoms. The molecule has 7 rings (SSSR count). The second kappa shape index (κ2) is 7.14. The quantitative estimate of drug-likeness (QED) is 0.779. The lowest BCUT2D eigenvalue weighted by atomic mass is 9.72. The van der Waals surface area contributed by atoms with Crippen molar-refractivity contribution in [3.8, 4) is 0 Å². The first-order chi connectivity index (χ1) is 14.1. The number of nitrogens with one attached hydrogen (secondary N) is 1. The van der Waals surface area contributed by atoms with Crippen LogP contribution in [0.5, 0.6) is 0 Å². The first-order valence-electron chi connectivity index (χ1n) is 10.9. The largest absolute Gasteiger partial charge is 0.380 e. The van der Waals surface area contributed by atoms with E-state index in [4.69, 9.17) is 9.26 Å². The van der Waals surface area contributed by atoms with Crippen LogP contribution in [-0.2, 0) is 15.9 Å². The molecule has 1 aromatic heterocycles. The molecule has 1 N–H and O–H groups in total. The summed E-state index contributed by atoms with van der Waals surface area (Å²) in [5.41, 5.74) is 0.345. The van der Waals surface area contributed by atoms with Crippen LogP contribution in [0.3, 0.4) is 0 Å². The molecule has 1 saturated carbocycles. The Morgan fingerprint density at radius 1 is 1.10 bits per heavy atom. The second-order valence-electron chi connectivity index (χ2n) is 9.52. The lowest BCUT2D eigenvalue weighted by Crippen LogP contribution is -2.57. The Kier molecular flexibility index (Phi) is 4.55. The van der Waals surface area contributed by atoms with Crippen LogP contribution in [0.1, 0.15) is 60.7 Å². The van der Waals surface area contributed by atoms with Gasteiger partial charge in [0.2, 0.25) is 0 Å². The molecule has 1 amide bonds. The average molecular weight is 421 g/mol. The van der Waals surface area contributed by atoms with E-state index in [9.17, 15) is 9.00 Å². The SMILES string of the molecule is O=C(NC1CC2CCC(C1)N2S(=O)N1CC2CC(C2)C1)c1cc(C2COC2)on1. The molecule has 5 aliphatic heterocycles. The molecule has 1 aliphatic carbocycles. The lowest BCUT2D eigenvalue weighted by Gasteiger charge is -2.48. The summed E-state index contributed by atoms with van der Waals surface area (Å²) in [6.07, 6.45) is 6.50. The van der Waals surface area contributed by atoms with Gasteiger partial charge in [-0.25, -0.2) is 12.8 Å². The van der Waals surface area contributed by atoms with Crippen molar-refractivity contribution in [3.63, 3.8) is 0 Å². The predicted octanol–water partition coefficient (Wildman–Crippen LogP) is 1.43. The van der Waals surface area contributed by atoms with E-state index in [0.29, 0.717) is 18.9 Å². The highest BCUT2D eigenvalue weighted by Crippen LogP contribution is 2.43. The number of hydrogen-bond acceptors (Lipinski definition) is 5. The number of rotatable bonds is 5. The maximum absolute atomic E-state index is 13.3. The smallest absolute Gasteiger partial charge is 0.273 e. The fourth-order valence-corrected chi connectivity index (χ4v) is 7.67. The number of carbonyl (C=O) groups is 1. The third-order valence-corrected chi connectivity index (χ3v) is 9.16. The Hall–Kier alpha value is -1.29. The molecular formula is C20H28N4O4S. The Balaban J connectivity index is 1.07. The molecule has 6 fully saturated rings. The van der Waals surface area contributed by atoms with Crippen molar-refractivity contribution in [2.24, 2.45) is 11.8 Å². The van der Waals surface area contributed by atoms with Crippen molar-refractivity contribution in [2.75, 3.05) is 26.3 Å². The molecule has 4 bridgehead atoms. The van der Waals surface area contributed by atoms with Gasteiger partial charge in [-0.05, 0) is 50.4 Å². The summed E-state index contributed by atoms with van der Waals surface area (Å²) >= 11 is -1.03. The summed E-state index contributed by atoms with van der Waals surface area (Å²) in [6.45, 7) is 3.24. The normalized spacial score (nSPS) is 38.3. The summed E-state index contributed by atoms with van der Waals surface area (Å²) in [5.74, 6) is 2.29. The minimum Gasteiger partial charge on any atom is -0.380 e. The molecule has 5 saturated heterocycles. The molecule has 6 aliphatic rings. The van der Waals surface area contributed by atoms with E-state index < -0.39 is 11.2 Å². The van der Waals surface area contributed by atoms with Gasteiger partial charge in [-0.3, -0.25) is 4.79 Å². The van der Waals surface area contributed by atoms with Gasteiger partial charge in [-0.2, -0.15) is 0 Å². The third kappa shape index (κ3) is 3.26. The summed E-state index contributed by atoms with van der Waals surface area (Å²) in [7, 11) is 0. The minimum atomic E-state index is -1.03. The van der Waals surface area contributed by atoms with E-state index in [2.05, 4.69) is 19.1 Å². The Bertz CT molecular complexity index is 797. The topological polar surface area (TPSA) is 87.9 Å². The van der Waals surface area contributed by atoms with Gasteiger partial charge in [0.05, 0.1) is 19.1 Å². The number of hydrogen-bond donors (Lipinski definition) is 1. The maximum Gasteiger partial charge on any atom is 0.273 e. The van der Waals surface area contributed by atoms with Gasteiger partial charge < -0.3 is 14.6 Å². The van der Waals surface area contributed by atoms with Crippen LogP contribution in [0.2, 0.25) is 0 Å². The van der Waals surface area contributed by atoms with Gasteiger partial charge in [-0.15, -0.1) is 0 Å². The summed E-state index contributed by atoms with van der Waals surface area (Å²) < 4.78 is 28.2. The second-order valence-corrected chi connectivity index (χ2v) is 10.9. The van der Waals surface area contributed by atoms with Gasteiger partial charge in [0.1, 0.15) is 5.76 Å². The highest BCUT2D eigenvalue weighted by Gasteiger charge is 2.48. The molecule has 8 nitrogen and oxygen atoms in total. The zero-order valence-electron chi connectivity index (χ0n) is 16.5. The van der Waals surface area contributed by atoms with Crippen LogP contribution in [0.4, 0.5) is 0 Å². The molecule has 29 heavy (non-hydrogen) atoms. The van der Waals surface area contributed by atoms with Crippen molar-refractivity contribution in [1.82, 2.24) is 19.1 Å². The Labute approximate surface area is 173 Å². The van der Waals surface area contributed by atoms with Crippen LogP contribution in [0.25, 0.3) is 0 Å². The zero-order chi connectivity index (χ0) is 19.5. The molecule has 3 atom stereocenters. The maximum atomic E-state index is 13.3. The van der Waals surface area contributed by atoms with Gasteiger partial charge in [-0.1, -0.05) is 5.16 Å². The van der Waals surface area contributed by atoms with Crippen molar-refractivity contribution in [2.45, 2.75) is 62.6 Å². The number of ether oxygens (including phenoxy) is 1. The minimum absolute atomic E-state index is 0.107. The lowest BCUT2D eigenvalue weighted by molar-refractivity contribution is -0.00228. The molecular weight excluding hydrogens is 392 g/mol. The van der Waals surface area contributed by atoms with Gasteiger partial charge in [0.25, 0.3) is 5.91 Å². The van der Waals surface area contributed by atoms with E-state index in [-0.39, 0.29) is 30.0 Å². The van der Waals surface area contributed by atoms with Crippen LogP contribution >= 0.6 is 0 Å². The van der Waals surface area contributed by atoms with E-state index in [1.54, 1.807) is 6.07 Å². The van der Waals surface area contributed by atoms with Crippen LogP contribution < -0.4 is 5.32 Å².